The minimum absolute atomic E-state index is 0.0898. The quantitative estimate of drug-likeness (QED) is 0.599. The van der Waals surface area contributed by atoms with E-state index in [2.05, 4.69) is 13.8 Å². The third kappa shape index (κ3) is 1.27. The van der Waals surface area contributed by atoms with Crippen LogP contribution in [0.15, 0.2) is 0 Å². The minimum atomic E-state index is 0.0898. The van der Waals surface area contributed by atoms with Gasteiger partial charge in [0, 0.05) is 13.0 Å². The SMILES string of the molecule is COC1CCC2OC(C)(C)C[C@H]12. The Hall–Kier alpha value is -0.0800. The molecule has 0 aromatic carbocycles. The van der Waals surface area contributed by atoms with Gasteiger partial charge in [0.15, 0.2) is 0 Å². The Morgan fingerprint density at radius 3 is 2.75 bits per heavy atom. The molecule has 2 nitrogen and oxygen atoms in total. The van der Waals surface area contributed by atoms with Crippen molar-refractivity contribution in [1.29, 1.82) is 0 Å². The molecule has 0 aromatic heterocycles. The molecule has 0 N–H and O–H groups in total. The summed E-state index contributed by atoms with van der Waals surface area (Å²) in [7, 11) is 1.82. The van der Waals surface area contributed by atoms with Crippen LogP contribution < -0.4 is 0 Å². The van der Waals surface area contributed by atoms with Gasteiger partial charge < -0.3 is 9.47 Å². The lowest BCUT2D eigenvalue weighted by molar-refractivity contribution is -0.0180. The van der Waals surface area contributed by atoms with Crippen molar-refractivity contribution in [1.82, 2.24) is 0 Å². The molecule has 70 valence electrons. The molecule has 2 heteroatoms. The van der Waals surface area contributed by atoms with Gasteiger partial charge in [-0.15, -0.1) is 0 Å². The first kappa shape index (κ1) is 8.52. The number of fused-ring (bicyclic) bond motifs is 1. The first-order chi connectivity index (χ1) is 5.62. The van der Waals surface area contributed by atoms with Crippen molar-refractivity contribution in [2.45, 2.75) is 50.9 Å². The maximum atomic E-state index is 5.92. The molecule has 1 aliphatic heterocycles. The third-order valence-electron chi connectivity index (χ3n) is 3.19. The van der Waals surface area contributed by atoms with Crippen LogP contribution in [0.4, 0.5) is 0 Å². The van der Waals surface area contributed by atoms with E-state index in [-0.39, 0.29) is 5.60 Å². The van der Waals surface area contributed by atoms with Gasteiger partial charge in [-0.05, 0) is 33.1 Å². The summed E-state index contributed by atoms with van der Waals surface area (Å²) >= 11 is 0. The van der Waals surface area contributed by atoms with E-state index in [4.69, 9.17) is 9.47 Å². The molecule has 1 aliphatic carbocycles. The zero-order valence-corrected chi connectivity index (χ0v) is 8.17. The molecule has 1 saturated carbocycles. The Morgan fingerprint density at radius 2 is 2.08 bits per heavy atom. The average molecular weight is 170 g/mol. The predicted molar refractivity (Wildman–Crippen MR) is 47.1 cm³/mol. The summed E-state index contributed by atoms with van der Waals surface area (Å²) in [5.74, 6) is 0.657. The normalized spacial score (nSPS) is 44.8. The van der Waals surface area contributed by atoms with Crippen molar-refractivity contribution in [3.05, 3.63) is 0 Å². The summed E-state index contributed by atoms with van der Waals surface area (Å²) in [6, 6.07) is 0. The van der Waals surface area contributed by atoms with E-state index in [1.807, 2.05) is 7.11 Å². The summed E-state index contributed by atoms with van der Waals surface area (Å²) < 4.78 is 11.4. The van der Waals surface area contributed by atoms with Crippen LogP contribution in [0.25, 0.3) is 0 Å². The Labute approximate surface area is 74.2 Å². The van der Waals surface area contributed by atoms with Gasteiger partial charge in [0.05, 0.1) is 17.8 Å². The van der Waals surface area contributed by atoms with Gasteiger partial charge in [-0.3, -0.25) is 0 Å². The van der Waals surface area contributed by atoms with Gasteiger partial charge >= 0.3 is 0 Å². The largest absolute Gasteiger partial charge is 0.381 e. The smallest absolute Gasteiger partial charge is 0.0637 e. The second kappa shape index (κ2) is 2.71. The van der Waals surface area contributed by atoms with Crippen LogP contribution >= 0.6 is 0 Å². The summed E-state index contributed by atoms with van der Waals surface area (Å²) in [5, 5.41) is 0. The third-order valence-corrected chi connectivity index (χ3v) is 3.19. The van der Waals surface area contributed by atoms with Crippen molar-refractivity contribution < 1.29 is 9.47 Å². The molecule has 0 aromatic rings. The Balaban J connectivity index is 2.06. The minimum Gasteiger partial charge on any atom is -0.381 e. The van der Waals surface area contributed by atoms with Crippen molar-refractivity contribution in [2.24, 2.45) is 5.92 Å². The maximum Gasteiger partial charge on any atom is 0.0637 e. The fourth-order valence-electron chi connectivity index (χ4n) is 2.72. The molecular formula is C10H18O2. The molecule has 0 bridgehead atoms. The lowest BCUT2D eigenvalue weighted by Gasteiger charge is -2.19. The molecule has 1 heterocycles. The average Bonchev–Trinajstić information content (AvgIpc) is 2.42. The summed E-state index contributed by atoms with van der Waals surface area (Å²) in [5.41, 5.74) is 0.0898. The Kier molecular flexibility index (Phi) is 1.92. The standard InChI is InChI=1S/C10H18O2/c1-10(2)6-7-8(11-3)4-5-9(7)12-10/h7-9H,4-6H2,1-3H3/t7-,8?,9?/m1/s1. The van der Waals surface area contributed by atoms with Crippen LogP contribution in [0.1, 0.15) is 33.1 Å². The van der Waals surface area contributed by atoms with E-state index < -0.39 is 0 Å². The van der Waals surface area contributed by atoms with Gasteiger partial charge in [0.1, 0.15) is 0 Å². The van der Waals surface area contributed by atoms with Crippen molar-refractivity contribution >= 4 is 0 Å². The Bertz CT molecular complexity index is 177. The molecule has 3 atom stereocenters. The van der Waals surface area contributed by atoms with Gasteiger partial charge in [-0.2, -0.15) is 0 Å². The predicted octanol–water partition coefficient (Wildman–Crippen LogP) is 1.98. The lowest BCUT2D eigenvalue weighted by atomic mass is 9.94. The zero-order valence-electron chi connectivity index (χ0n) is 8.17. The molecule has 1 saturated heterocycles. The van der Waals surface area contributed by atoms with E-state index in [9.17, 15) is 0 Å². The van der Waals surface area contributed by atoms with Crippen LogP contribution in [0.2, 0.25) is 0 Å². The van der Waals surface area contributed by atoms with Crippen molar-refractivity contribution in [2.75, 3.05) is 7.11 Å². The van der Waals surface area contributed by atoms with Crippen LogP contribution in [0, 0.1) is 5.92 Å². The molecule has 2 fully saturated rings. The summed E-state index contributed by atoms with van der Waals surface area (Å²) in [6.07, 6.45) is 4.46. The highest BCUT2D eigenvalue weighted by Gasteiger charge is 2.47. The Morgan fingerprint density at radius 1 is 1.33 bits per heavy atom. The number of hydrogen-bond donors (Lipinski definition) is 0. The van der Waals surface area contributed by atoms with Crippen LogP contribution in [0.3, 0.4) is 0 Å². The summed E-state index contributed by atoms with van der Waals surface area (Å²) in [4.78, 5) is 0. The number of hydrogen-bond acceptors (Lipinski definition) is 2. The fourth-order valence-corrected chi connectivity index (χ4v) is 2.72. The van der Waals surface area contributed by atoms with Gasteiger partial charge in [0.25, 0.3) is 0 Å². The number of methoxy groups -OCH3 is 1. The van der Waals surface area contributed by atoms with E-state index in [0.717, 1.165) is 6.42 Å². The highest BCUT2D eigenvalue weighted by atomic mass is 16.5. The van der Waals surface area contributed by atoms with Gasteiger partial charge in [-0.25, -0.2) is 0 Å². The van der Waals surface area contributed by atoms with E-state index in [1.54, 1.807) is 0 Å². The molecular weight excluding hydrogens is 152 g/mol. The summed E-state index contributed by atoms with van der Waals surface area (Å²) in [6.45, 7) is 4.36. The molecule has 2 aliphatic rings. The number of ether oxygens (including phenoxy) is 2. The maximum absolute atomic E-state index is 5.92. The van der Waals surface area contributed by atoms with Crippen molar-refractivity contribution in [3.63, 3.8) is 0 Å². The molecule has 12 heavy (non-hydrogen) atoms. The first-order valence-corrected chi connectivity index (χ1v) is 4.83. The molecule has 0 amide bonds. The van der Waals surface area contributed by atoms with E-state index >= 15 is 0 Å². The first-order valence-electron chi connectivity index (χ1n) is 4.83. The second-order valence-electron chi connectivity index (χ2n) is 4.64. The van der Waals surface area contributed by atoms with Crippen LogP contribution in [-0.4, -0.2) is 24.9 Å². The second-order valence-corrected chi connectivity index (χ2v) is 4.64. The van der Waals surface area contributed by atoms with Crippen molar-refractivity contribution in [3.8, 4) is 0 Å². The van der Waals surface area contributed by atoms with Gasteiger partial charge in [-0.1, -0.05) is 0 Å². The topological polar surface area (TPSA) is 18.5 Å². The molecule has 2 unspecified atom stereocenters. The van der Waals surface area contributed by atoms with Crippen LogP contribution in [0.5, 0.6) is 0 Å². The monoisotopic (exact) mass is 170 g/mol. The molecule has 0 spiro atoms. The fraction of sp³-hybridized carbons (Fsp3) is 1.00. The molecule has 2 rings (SSSR count). The van der Waals surface area contributed by atoms with E-state index in [1.165, 1.54) is 12.8 Å². The van der Waals surface area contributed by atoms with Gasteiger partial charge in [0.2, 0.25) is 0 Å². The molecule has 0 radical (unpaired) electrons. The highest BCUT2D eigenvalue weighted by molar-refractivity contribution is 4.96. The highest BCUT2D eigenvalue weighted by Crippen LogP contribution is 2.44. The zero-order chi connectivity index (χ0) is 8.77. The van der Waals surface area contributed by atoms with Crippen LogP contribution in [-0.2, 0) is 9.47 Å². The van der Waals surface area contributed by atoms with E-state index in [0.29, 0.717) is 18.1 Å². The number of rotatable bonds is 1. The lowest BCUT2D eigenvalue weighted by Crippen LogP contribution is -2.21.